The highest BCUT2D eigenvalue weighted by Gasteiger charge is 2.72. The van der Waals surface area contributed by atoms with Crippen LogP contribution in [-0.4, -0.2) is 169 Å². The molecule has 3 saturated heterocycles. The standard InChI is InChI=1S/C47H76O17/c1-21(2)23-10-15-47(42(57)58)17-16-45(6)24(30(23)47)8-9-28-43(4)13-12-29(44(5,20-49)27(43)11-14-46(28,45)7)63-39-36(55)33(52)26(19-59-39)62-41-38(35(54)32(51)25(18-48)61-41)64-40-37(56)34(53)31(50)22(3)60-40/h22-41,48-56H,1,8-20H2,2-7H3,(H,57,58)/t22-,23-,24?,25+,26-,27?,28+,29-,30?,31-,32+,33-,34+,35-,36+,37+,38+,39-,40-,41-,43-,44-,45+,46+,47-/m0/s1. The van der Waals surface area contributed by atoms with Crippen LogP contribution in [-0.2, 0) is 33.2 Å². The highest BCUT2D eigenvalue weighted by Crippen LogP contribution is 2.77. The molecule has 8 fully saturated rings. The second kappa shape index (κ2) is 17.5. The Morgan fingerprint density at radius 2 is 1.39 bits per heavy atom. The van der Waals surface area contributed by atoms with Crippen LogP contribution in [0, 0.1) is 56.7 Å². The lowest BCUT2D eigenvalue weighted by molar-refractivity contribution is -0.382. The van der Waals surface area contributed by atoms with E-state index in [-0.39, 0.29) is 53.1 Å². The summed E-state index contributed by atoms with van der Waals surface area (Å²) in [4.78, 5) is 13.1. The molecule has 10 N–H and O–H groups in total. The topological polar surface area (TPSA) is 275 Å². The fourth-order valence-electron chi connectivity index (χ4n) is 15.7. The fraction of sp³-hybridized carbons (Fsp3) is 0.936. The minimum Gasteiger partial charge on any atom is -0.481 e. The molecule has 64 heavy (non-hydrogen) atoms. The molecule has 3 unspecified atom stereocenters. The van der Waals surface area contributed by atoms with Gasteiger partial charge in [0.2, 0.25) is 0 Å². The van der Waals surface area contributed by atoms with Gasteiger partial charge >= 0.3 is 5.97 Å². The molecule has 25 atom stereocenters. The average molecular weight is 913 g/mol. The zero-order chi connectivity index (χ0) is 46.6. The third kappa shape index (κ3) is 7.31. The maximum atomic E-state index is 13.1. The Morgan fingerprint density at radius 1 is 0.688 bits per heavy atom. The first-order valence-electron chi connectivity index (χ1n) is 23.8. The van der Waals surface area contributed by atoms with Crippen LogP contribution in [0.2, 0.25) is 0 Å². The Balaban J connectivity index is 0.958. The van der Waals surface area contributed by atoms with E-state index in [0.29, 0.717) is 25.2 Å². The predicted octanol–water partition coefficient (Wildman–Crippen LogP) is 1.20. The van der Waals surface area contributed by atoms with E-state index in [4.69, 9.17) is 28.4 Å². The number of carboxylic acid groups (broad SMARTS) is 1. The van der Waals surface area contributed by atoms with Crippen molar-refractivity contribution in [2.45, 2.75) is 198 Å². The molecule has 8 rings (SSSR count). The molecule has 0 spiro atoms. The number of aliphatic hydroxyl groups is 9. The minimum absolute atomic E-state index is 0.0528. The van der Waals surface area contributed by atoms with Gasteiger partial charge in [0.1, 0.15) is 61.0 Å². The van der Waals surface area contributed by atoms with E-state index in [1.165, 1.54) is 6.92 Å². The number of ether oxygens (including phenoxy) is 6. The van der Waals surface area contributed by atoms with Crippen LogP contribution in [0.25, 0.3) is 0 Å². The number of rotatable bonds is 10. The van der Waals surface area contributed by atoms with Gasteiger partial charge in [0, 0.05) is 5.41 Å². The monoisotopic (exact) mass is 913 g/mol. The molecular formula is C47H76O17. The van der Waals surface area contributed by atoms with E-state index < -0.39 is 116 Å². The van der Waals surface area contributed by atoms with Crippen molar-refractivity contribution in [3.8, 4) is 0 Å². The number of aliphatic carboxylic acids is 1. The van der Waals surface area contributed by atoms with E-state index in [1.54, 1.807) is 0 Å². The number of hydrogen-bond donors (Lipinski definition) is 10. The van der Waals surface area contributed by atoms with Gasteiger partial charge in [-0.3, -0.25) is 4.79 Å². The zero-order valence-corrected chi connectivity index (χ0v) is 38.3. The van der Waals surface area contributed by atoms with Crippen LogP contribution < -0.4 is 0 Å². The predicted molar refractivity (Wildman–Crippen MR) is 225 cm³/mol. The molecular weight excluding hydrogens is 836 g/mol. The summed E-state index contributed by atoms with van der Waals surface area (Å²) in [6, 6.07) is 0. The summed E-state index contributed by atoms with van der Waals surface area (Å²) in [5.74, 6) is 0.291. The first-order chi connectivity index (χ1) is 30.0. The molecule has 0 radical (unpaired) electrons. The average Bonchev–Trinajstić information content (AvgIpc) is 3.67. The Bertz CT molecular complexity index is 1720. The molecule has 0 aromatic carbocycles. The fourth-order valence-corrected chi connectivity index (χ4v) is 15.7. The normalized spacial score (nSPS) is 56.3. The van der Waals surface area contributed by atoms with Gasteiger partial charge in [-0.05, 0) is 124 Å². The molecule has 0 aromatic heterocycles. The molecule has 17 nitrogen and oxygen atoms in total. The lowest BCUT2D eigenvalue weighted by Gasteiger charge is -2.73. The van der Waals surface area contributed by atoms with E-state index in [2.05, 4.69) is 41.2 Å². The molecule has 5 aliphatic carbocycles. The van der Waals surface area contributed by atoms with Crippen LogP contribution in [0.4, 0.5) is 0 Å². The summed E-state index contributed by atoms with van der Waals surface area (Å²) < 4.78 is 35.8. The summed E-state index contributed by atoms with van der Waals surface area (Å²) in [5.41, 5.74) is -0.619. The van der Waals surface area contributed by atoms with Crippen LogP contribution in [0.1, 0.15) is 106 Å². The third-order valence-corrected chi connectivity index (χ3v) is 19.5. The summed E-state index contributed by atoms with van der Waals surface area (Å²) in [7, 11) is 0. The SMILES string of the molecule is C=C(C)[C@@H]1CC[C@]2(C(=O)O)CC[C@]3(C)C(CC[C@@H]4[C@@]5(C)CC[C@H](O[C@@H]6OC[C@H](O[C@@H]7O[C@H](CO)[C@@H](O)[C@H](O)[C@H]7O[C@@H]7O[C@@H](C)[C@H](O)[C@@H](O)[C@H]7O)[C@H](O)[C@H]6O)[C@@](C)(CO)C5CC[C@]43C)C12. The Labute approximate surface area is 376 Å². The van der Waals surface area contributed by atoms with Crippen molar-refractivity contribution in [2.24, 2.45) is 56.7 Å². The lowest BCUT2D eigenvalue weighted by atomic mass is 9.32. The zero-order valence-electron chi connectivity index (χ0n) is 38.3. The van der Waals surface area contributed by atoms with Crippen molar-refractivity contribution in [1.82, 2.24) is 0 Å². The van der Waals surface area contributed by atoms with Crippen LogP contribution in [0.3, 0.4) is 0 Å². The number of hydrogen-bond acceptors (Lipinski definition) is 16. The molecule has 5 saturated carbocycles. The Hall–Kier alpha value is -1.39. The van der Waals surface area contributed by atoms with Gasteiger partial charge in [-0.25, -0.2) is 0 Å². The molecule has 0 bridgehead atoms. The van der Waals surface area contributed by atoms with E-state index in [9.17, 15) is 55.9 Å². The second-order valence-corrected chi connectivity index (χ2v) is 22.3. The van der Waals surface area contributed by atoms with Crippen LogP contribution >= 0.6 is 0 Å². The lowest BCUT2D eigenvalue weighted by Crippen LogP contribution is -2.68. The molecule has 17 heteroatoms. The molecule has 366 valence electrons. The van der Waals surface area contributed by atoms with Gasteiger partial charge in [-0.1, -0.05) is 39.8 Å². The first-order valence-corrected chi connectivity index (χ1v) is 23.8. The number of allylic oxidation sites excluding steroid dienone is 1. The molecule has 0 amide bonds. The maximum Gasteiger partial charge on any atom is 0.309 e. The van der Waals surface area contributed by atoms with Crippen molar-refractivity contribution in [2.75, 3.05) is 19.8 Å². The van der Waals surface area contributed by atoms with Crippen LogP contribution in [0.5, 0.6) is 0 Å². The molecule has 3 heterocycles. The van der Waals surface area contributed by atoms with Gasteiger partial charge in [0.25, 0.3) is 0 Å². The number of aliphatic hydroxyl groups excluding tert-OH is 9. The third-order valence-electron chi connectivity index (χ3n) is 19.5. The van der Waals surface area contributed by atoms with E-state index in [1.807, 2.05) is 0 Å². The first kappa shape index (κ1) is 49.0. The molecule has 0 aromatic rings. The van der Waals surface area contributed by atoms with Crippen molar-refractivity contribution >= 4 is 5.97 Å². The van der Waals surface area contributed by atoms with Crippen LogP contribution in [0.15, 0.2) is 12.2 Å². The summed E-state index contributed by atoms with van der Waals surface area (Å²) in [6.07, 6.45) is -13.7. The Morgan fingerprint density at radius 3 is 2.05 bits per heavy atom. The maximum absolute atomic E-state index is 13.1. The molecule has 3 aliphatic heterocycles. The van der Waals surface area contributed by atoms with E-state index in [0.717, 1.165) is 50.5 Å². The van der Waals surface area contributed by atoms with Gasteiger partial charge in [0.05, 0.1) is 37.4 Å². The highest BCUT2D eigenvalue weighted by atomic mass is 16.8. The van der Waals surface area contributed by atoms with Gasteiger partial charge in [0.15, 0.2) is 18.9 Å². The summed E-state index contributed by atoms with van der Waals surface area (Å²) in [6.45, 7) is 16.0. The largest absolute Gasteiger partial charge is 0.481 e. The molecule has 8 aliphatic rings. The number of carbonyl (C=O) groups is 1. The van der Waals surface area contributed by atoms with Crippen molar-refractivity contribution in [3.63, 3.8) is 0 Å². The van der Waals surface area contributed by atoms with E-state index >= 15 is 0 Å². The van der Waals surface area contributed by atoms with Gasteiger partial charge in [-0.15, -0.1) is 0 Å². The minimum atomic E-state index is -1.78. The van der Waals surface area contributed by atoms with Crippen molar-refractivity contribution in [3.05, 3.63) is 12.2 Å². The van der Waals surface area contributed by atoms with Crippen molar-refractivity contribution < 1.29 is 84.3 Å². The number of carboxylic acids is 1. The van der Waals surface area contributed by atoms with Crippen molar-refractivity contribution in [1.29, 1.82) is 0 Å². The quantitative estimate of drug-likeness (QED) is 0.109. The Kier molecular flexibility index (Phi) is 13.4. The highest BCUT2D eigenvalue weighted by molar-refractivity contribution is 5.76. The van der Waals surface area contributed by atoms with Gasteiger partial charge in [-0.2, -0.15) is 0 Å². The second-order valence-electron chi connectivity index (χ2n) is 22.3. The van der Waals surface area contributed by atoms with Gasteiger partial charge < -0.3 is 79.5 Å². The summed E-state index contributed by atoms with van der Waals surface area (Å²) >= 11 is 0. The summed E-state index contributed by atoms with van der Waals surface area (Å²) in [5, 5.41) is 108. The smallest absolute Gasteiger partial charge is 0.309 e. The number of fused-ring (bicyclic) bond motifs is 7.